The summed E-state index contributed by atoms with van der Waals surface area (Å²) >= 11 is 0. The molecule has 2 aromatic carbocycles. The number of carbonyl (C=O) groups is 1. The van der Waals surface area contributed by atoms with Crippen LogP contribution in [0.15, 0.2) is 47.4 Å². The smallest absolute Gasteiger partial charge is 0.255 e. The van der Waals surface area contributed by atoms with Crippen LogP contribution in [0.25, 0.3) is 5.69 Å². The Morgan fingerprint density at radius 2 is 1.75 bits per heavy atom. The fourth-order valence-electron chi connectivity index (χ4n) is 2.64. The number of nitrogens with zero attached hydrogens (tertiary/aromatic N) is 4. The van der Waals surface area contributed by atoms with Crippen LogP contribution in [0.5, 0.6) is 0 Å². The first-order chi connectivity index (χ1) is 13.2. The molecule has 0 aliphatic heterocycles. The van der Waals surface area contributed by atoms with Crippen molar-refractivity contribution < 1.29 is 13.2 Å². The second kappa shape index (κ2) is 7.51. The van der Waals surface area contributed by atoms with Gasteiger partial charge in [0.2, 0.25) is 0 Å². The third kappa shape index (κ3) is 3.79. The van der Waals surface area contributed by atoms with Gasteiger partial charge in [-0.1, -0.05) is 6.07 Å². The van der Waals surface area contributed by atoms with E-state index in [9.17, 15) is 13.2 Å². The highest BCUT2D eigenvalue weighted by Crippen LogP contribution is 2.21. The van der Waals surface area contributed by atoms with Gasteiger partial charge in [-0.05, 0) is 80.1 Å². The number of carbonyl (C=O) groups excluding carboxylic acids is 1. The van der Waals surface area contributed by atoms with E-state index in [-0.39, 0.29) is 10.8 Å². The highest BCUT2D eigenvalue weighted by Gasteiger charge is 2.19. The number of tetrazole rings is 1. The van der Waals surface area contributed by atoms with Crippen LogP contribution < -0.4 is 5.32 Å². The number of benzene rings is 2. The van der Waals surface area contributed by atoms with Crippen molar-refractivity contribution >= 4 is 21.4 Å². The van der Waals surface area contributed by atoms with Gasteiger partial charge in [0, 0.05) is 11.3 Å². The fraction of sp³-hybridized carbons (Fsp3) is 0.263. The Morgan fingerprint density at radius 1 is 1.07 bits per heavy atom. The van der Waals surface area contributed by atoms with E-state index < -0.39 is 15.1 Å². The van der Waals surface area contributed by atoms with Crippen LogP contribution in [0, 0.1) is 13.8 Å². The van der Waals surface area contributed by atoms with Gasteiger partial charge in [0.15, 0.2) is 15.7 Å². The largest absolute Gasteiger partial charge is 0.322 e. The molecule has 0 spiro atoms. The van der Waals surface area contributed by atoms with Gasteiger partial charge in [-0.2, -0.15) is 4.68 Å². The molecule has 0 atom stereocenters. The third-order valence-corrected chi connectivity index (χ3v) is 6.56. The van der Waals surface area contributed by atoms with Crippen molar-refractivity contribution in [1.29, 1.82) is 0 Å². The normalized spacial score (nSPS) is 11.6. The summed E-state index contributed by atoms with van der Waals surface area (Å²) in [6.07, 6.45) is 0. The van der Waals surface area contributed by atoms with E-state index in [1.165, 1.54) is 24.3 Å². The Bertz CT molecular complexity index is 1120. The number of anilines is 1. The molecule has 9 heteroatoms. The van der Waals surface area contributed by atoms with Crippen molar-refractivity contribution in [1.82, 2.24) is 20.2 Å². The van der Waals surface area contributed by atoms with Crippen molar-refractivity contribution in [3.8, 4) is 5.69 Å². The van der Waals surface area contributed by atoms with E-state index in [0.29, 0.717) is 17.1 Å². The van der Waals surface area contributed by atoms with E-state index >= 15 is 0 Å². The van der Waals surface area contributed by atoms with Gasteiger partial charge in [-0.15, -0.1) is 5.10 Å². The molecule has 28 heavy (non-hydrogen) atoms. The molecule has 8 nitrogen and oxygen atoms in total. The molecule has 0 bridgehead atoms. The number of sulfone groups is 1. The van der Waals surface area contributed by atoms with E-state index in [4.69, 9.17) is 0 Å². The molecule has 146 valence electrons. The van der Waals surface area contributed by atoms with Crippen LogP contribution >= 0.6 is 0 Å². The minimum atomic E-state index is -3.37. The number of aromatic nitrogens is 4. The predicted molar refractivity (Wildman–Crippen MR) is 105 cm³/mol. The average Bonchev–Trinajstić information content (AvgIpc) is 3.09. The summed E-state index contributed by atoms with van der Waals surface area (Å²) in [6.45, 7) is 6.96. The van der Waals surface area contributed by atoms with E-state index in [0.717, 1.165) is 11.3 Å². The average molecular weight is 399 g/mol. The number of hydrogen-bond donors (Lipinski definition) is 1. The third-order valence-electron chi connectivity index (χ3n) is 4.39. The zero-order chi connectivity index (χ0) is 20.5. The Kier molecular flexibility index (Phi) is 5.28. The molecule has 1 heterocycles. The Balaban J connectivity index is 1.83. The lowest BCUT2D eigenvalue weighted by atomic mass is 10.1. The van der Waals surface area contributed by atoms with Gasteiger partial charge >= 0.3 is 0 Å². The molecule has 1 amide bonds. The molecule has 1 N–H and O–H groups in total. The Labute approximate surface area is 163 Å². The molecule has 3 aromatic rings. The van der Waals surface area contributed by atoms with Gasteiger partial charge in [0.25, 0.3) is 5.91 Å². The number of hydrogen-bond acceptors (Lipinski definition) is 6. The van der Waals surface area contributed by atoms with Gasteiger partial charge in [-0.3, -0.25) is 4.79 Å². The molecule has 3 rings (SSSR count). The lowest BCUT2D eigenvalue weighted by Crippen LogP contribution is -2.15. The summed E-state index contributed by atoms with van der Waals surface area (Å²) in [4.78, 5) is 12.8. The van der Waals surface area contributed by atoms with Crippen molar-refractivity contribution in [2.24, 2.45) is 0 Å². The van der Waals surface area contributed by atoms with Gasteiger partial charge in [0.05, 0.1) is 15.8 Å². The van der Waals surface area contributed by atoms with Crippen LogP contribution in [0.1, 0.15) is 35.6 Å². The first-order valence-corrected chi connectivity index (χ1v) is 10.3. The molecule has 0 unspecified atom stereocenters. The number of nitrogens with one attached hydrogen (secondary N) is 1. The second-order valence-electron chi connectivity index (χ2n) is 6.71. The maximum absolute atomic E-state index is 12.6. The predicted octanol–water partition coefficient (Wildman–Crippen LogP) is 2.71. The Morgan fingerprint density at radius 3 is 2.32 bits per heavy atom. The summed E-state index contributed by atoms with van der Waals surface area (Å²) in [5.41, 5.74) is 2.66. The van der Waals surface area contributed by atoms with E-state index in [1.807, 2.05) is 13.0 Å². The van der Waals surface area contributed by atoms with Crippen LogP contribution in [-0.2, 0) is 9.84 Å². The first kappa shape index (κ1) is 19.7. The number of amides is 1. The van der Waals surface area contributed by atoms with Gasteiger partial charge in [0.1, 0.15) is 0 Å². The van der Waals surface area contributed by atoms with Crippen LogP contribution in [-0.4, -0.2) is 39.8 Å². The lowest BCUT2D eigenvalue weighted by molar-refractivity contribution is 0.102. The number of rotatable bonds is 5. The molecule has 0 radical (unpaired) electrons. The molecule has 0 aliphatic carbocycles. The minimum absolute atomic E-state index is 0.200. The second-order valence-corrected chi connectivity index (χ2v) is 9.22. The summed E-state index contributed by atoms with van der Waals surface area (Å²) in [5.74, 6) is 0.297. The van der Waals surface area contributed by atoms with Crippen molar-refractivity contribution in [3.05, 3.63) is 59.4 Å². The molecule has 0 saturated heterocycles. The van der Waals surface area contributed by atoms with Crippen LogP contribution in [0.4, 0.5) is 5.69 Å². The zero-order valence-corrected chi connectivity index (χ0v) is 16.9. The lowest BCUT2D eigenvalue weighted by Gasteiger charge is -2.11. The van der Waals surface area contributed by atoms with Crippen molar-refractivity contribution in [3.63, 3.8) is 0 Å². The summed E-state index contributed by atoms with van der Waals surface area (Å²) in [6, 6.07) is 11.4. The summed E-state index contributed by atoms with van der Waals surface area (Å²) < 4.78 is 26.0. The highest BCUT2D eigenvalue weighted by molar-refractivity contribution is 7.92. The molecule has 0 aliphatic rings. The molecule has 1 aromatic heterocycles. The minimum Gasteiger partial charge on any atom is -0.322 e. The molecular formula is C19H21N5O3S. The molecular weight excluding hydrogens is 378 g/mol. The van der Waals surface area contributed by atoms with Gasteiger partial charge < -0.3 is 5.32 Å². The van der Waals surface area contributed by atoms with E-state index in [2.05, 4.69) is 20.8 Å². The van der Waals surface area contributed by atoms with Crippen molar-refractivity contribution in [2.45, 2.75) is 37.8 Å². The SMILES string of the molecule is Cc1ccc(NC(=O)c2ccc(S(=O)(=O)C(C)C)cc2)cc1-n1nnnc1C. The fourth-order valence-corrected chi connectivity index (χ4v) is 3.70. The zero-order valence-electron chi connectivity index (χ0n) is 16.0. The Hall–Kier alpha value is -3.07. The van der Waals surface area contributed by atoms with Crippen LogP contribution in [0.2, 0.25) is 0 Å². The maximum atomic E-state index is 12.6. The topological polar surface area (TPSA) is 107 Å². The standard InChI is InChI=1S/C19H21N5O3S/c1-12(2)28(26,27)17-9-6-15(7-10-17)19(25)20-16-8-5-13(3)18(11-16)24-14(4)21-22-23-24/h5-12H,1-4H3,(H,20,25). The summed E-state index contributed by atoms with van der Waals surface area (Å²) in [7, 11) is -3.37. The summed E-state index contributed by atoms with van der Waals surface area (Å²) in [5, 5.41) is 13.8. The first-order valence-electron chi connectivity index (χ1n) is 8.71. The maximum Gasteiger partial charge on any atom is 0.255 e. The monoisotopic (exact) mass is 399 g/mol. The van der Waals surface area contributed by atoms with Crippen LogP contribution in [0.3, 0.4) is 0 Å². The molecule has 0 fully saturated rings. The van der Waals surface area contributed by atoms with E-state index in [1.54, 1.807) is 37.6 Å². The van der Waals surface area contributed by atoms with Gasteiger partial charge in [-0.25, -0.2) is 8.42 Å². The quantitative estimate of drug-likeness (QED) is 0.707. The highest BCUT2D eigenvalue weighted by atomic mass is 32.2. The van der Waals surface area contributed by atoms with Crippen molar-refractivity contribution in [2.75, 3.05) is 5.32 Å². The number of aryl methyl sites for hydroxylation is 2. The molecule has 0 saturated carbocycles.